The monoisotopic (exact) mass is 209 g/mol. The van der Waals surface area contributed by atoms with Gasteiger partial charge in [0.2, 0.25) is 0 Å². The van der Waals surface area contributed by atoms with Gasteiger partial charge in [0.1, 0.15) is 0 Å². The van der Waals surface area contributed by atoms with E-state index in [0.29, 0.717) is 5.88 Å². The average molecular weight is 210 g/mol. The Morgan fingerprint density at radius 1 is 1.29 bits per heavy atom. The molecule has 0 aromatic heterocycles. The Morgan fingerprint density at radius 2 is 1.93 bits per heavy atom. The van der Waals surface area contributed by atoms with Crippen molar-refractivity contribution in [3.8, 4) is 0 Å². The maximum Gasteiger partial charge on any atom is 0.0474 e. The van der Waals surface area contributed by atoms with E-state index in [1.165, 1.54) is 30.5 Å². The topological polar surface area (TPSA) is 3.24 Å². The van der Waals surface area contributed by atoms with Gasteiger partial charge >= 0.3 is 0 Å². The van der Waals surface area contributed by atoms with E-state index in [9.17, 15) is 0 Å². The number of halogens is 1. The van der Waals surface area contributed by atoms with Crippen molar-refractivity contribution in [3.63, 3.8) is 0 Å². The summed E-state index contributed by atoms with van der Waals surface area (Å²) < 4.78 is 0. The third kappa shape index (κ3) is 1.88. The second-order valence-electron chi connectivity index (χ2n) is 4.00. The van der Waals surface area contributed by atoms with E-state index >= 15 is 0 Å². The lowest BCUT2D eigenvalue weighted by Crippen LogP contribution is -2.36. The Bertz CT molecular complexity index is 290. The fourth-order valence-corrected chi connectivity index (χ4v) is 1.98. The number of rotatable bonds is 3. The Morgan fingerprint density at radius 3 is 2.36 bits per heavy atom. The van der Waals surface area contributed by atoms with E-state index < -0.39 is 0 Å². The van der Waals surface area contributed by atoms with E-state index in [4.69, 9.17) is 11.6 Å². The Labute approximate surface area is 90.7 Å². The van der Waals surface area contributed by atoms with E-state index in [1.807, 2.05) is 0 Å². The van der Waals surface area contributed by atoms with Crippen molar-refractivity contribution < 1.29 is 0 Å². The van der Waals surface area contributed by atoms with Crippen LogP contribution in [0.3, 0.4) is 0 Å². The lowest BCUT2D eigenvalue weighted by Gasteiger charge is -2.36. The molecule has 1 aromatic carbocycles. The molecule has 2 heteroatoms. The van der Waals surface area contributed by atoms with Crippen LogP contribution in [-0.4, -0.2) is 13.1 Å². The molecule has 0 unspecified atom stereocenters. The summed E-state index contributed by atoms with van der Waals surface area (Å²) in [5.41, 5.74) is 2.50. The van der Waals surface area contributed by atoms with Crippen LogP contribution < -0.4 is 4.90 Å². The molecule has 0 radical (unpaired) electrons. The van der Waals surface area contributed by atoms with Crippen molar-refractivity contribution in [2.45, 2.75) is 31.2 Å². The maximum atomic E-state index is 5.75. The molecule has 1 aliphatic rings. The fraction of sp³-hybridized carbons (Fsp3) is 0.500. The summed E-state index contributed by atoms with van der Waals surface area (Å²) in [6.07, 6.45) is 4.07. The van der Waals surface area contributed by atoms with Crippen molar-refractivity contribution in [3.05, 3.63) is 29.8 Å². The summed E-state index contributed by atoms with van der Waals surface area (Å²) in [4.78, 5) is 2.38. The Kier molecular flexibility index (Phi) is 2.97. The van der Waals surface area contributed by atoms with Crippen LogP contribution in [0.2, 0.25) is 0 Å². The van der Waals surface area contributed by atoms with Gasteiger partial charge in [-0.05, 0) is 37.0 Å². The highest BCUT2D eigenvalue weighted by Crippen LogP contribution is 2.28. The molecule has 0 spiro atoms. The molecule has 0 atom stereocenters. The van der Waals surface area contributed by atoms with Crippen LogP contribution in [0.1, 0.15) is 24.8 Å². The number of hydrogen-bond acceptors (Lipinski definition) is 1. The third-order valence-corrected chi connectivity index (χ3v) is 3.43. The van der Waals surface area contributed by atoms with Crippen LogP contribution >= 0.6 is 11.6 Å². The molecule has 1 fully saturated rings. The minimum Gasteiger partial charge on any atom is -0.372 e. The number of anilines is 1. The van der Waals surface area contributed by atoms with Gasteiger partial charge in [-0.3, -0.25) is 0 Å². The molecule has 1 aliphatic carbocycles. The molecule has 2 rings (SSSR count). The van der Waals surface area contributed by atoms with Crippen LogP contribution in [0.5, 0.6) is 0 Å². The minimum absolute atomic E-state index is 0.605. The summed E-state index contributed by atoms with van der Waals surface area (Å²) in [5, 5.41) is 0. The van der Waals surface area contributed by atoms with Crippen molar-refractivity contribution in [2.75, 3.05) is 11.9 Å². The summed E-state index contributed by atoms with van der Waals surface area (Å²) in [6.45, 7) is 0. The van der Waals surface area contributed by atoms with Crippen LogP contribution in [0, 0.1) is 0 Å². The molecule has 0 aliphatic heterocycles. The molecule has 0 heterocycles. The molecule has 1 nitrogen and oxygen atoms in total. The molecule has 1 aromatic rings. The summed E-state index contributed by atoms with van der Waals surface area (Å²) >= 11 is 5.75. The van der Waals surface area contributed by atoms with Gasteiger partial charge in [-0.1, -0.05) is 12.1 Å². The second kappa shape index (κ2) is 4.22. The lowest BCUT2D eigenvalue weighted by molar-refractivity contribution is 0.401. The van der Waals surface area contributed by atoms with E-state index in [2.05, 4.69) is 36.2 Å². The average Bonchev–Trinajstić information content (AvgIpc) is 2.15. The molecule has 1 saturated carbocycles. The molecule has 0 saturated heterocycles. The van der Waals surface area contributed by atoms with Gasteiger partial charge < -0.3 is 4.90 Å². The lowest BCUT2D eigenvalue weighted by atomic mass is 9.91. The normalized spacial score (nSPS) is 16.4. The molecular weight excluding hydrogens is 194 g/mol. The quantitative estimate of drug-likeness (QED) is 0.690. The van der Waals surface area contributed by atoms with Crippen molar-refractivity contribution in [1.29, 1.82) is 0 Å². The van der Waals surface area contributed by atoms with Gasteiger partial charge in [-0.2, -0.15) is 0 Å². The fourth-order valence-electron chi connectivity index (χ4n) is 1.80. The number of hydrogen-bond donors (Lipinski definition) is 0. The number of benzene rings is 1. The SMILES string of the molecule is CN(c1ccc(CCl)cc1)C1CCC1. The van der Waals surface area contributed by atoms with Crippen LogP contribution in [0.4, 0.5) is 5.69 Å². The molecule has 76 valence electrons. The molecular formula is C12H16ClN. The minimum atomic E-state index is 0.605. The van der Waals surface area contributed by atoms with E-state index in [0.717, 1.165) is 6.04 Å². The summed E-state index contributed by atoms with van der Waals surface area (Å²) in [7, 11) is 2.18. The summed E-state index contributed by atoms with van der Waals surface area (Å²) in [5.74, 6) is 0.605. The Hall–Kier alpha value is -0.690. The highest BCUT2D eigenvalue weighted by atomic mass is 35.5. The number of nitrogens with zero attached hydrogens (tertiary/aromatic N) is 1. The predicted octanol–water partition coefficient (Wildman–Crippen LogP) is 3.41. The largest absolute Gasteiger partial charge is 0.372 e. The molecule has 0 bridgehead atoms. The number of alkyl halides is 1. The predicted molar refractivity (Wildman–Crippen MR) is 62.0 cm³/mol. The van der Waals surface area contributed by atoms with Crippen molar-refractivity contribution in [1.82, 2.24) is 0 Å². The highest BCUT2D eigenvalue weighted by Gasteiger charge is 2.21. The van der Waals surface area contributed by atoms with Gasteiger partial charge in [-0.15, -0.1) is 11.6 Å². The second-order valence-corrected chi connectivity index (χ2v) is 4.26. The van der Waals surface area contributed by atoms with Gasteiger partial charge in [0.05, 0.1) is 0 Å². The molecule has 0 N–H and O–H groups in total. The smallest absolute Gasteiger partial charge is 0.0474 e. The Balaban J connectivity index is 2.07. The van der Waals surface area contributed by atoms with Crippen LogP contribution in [-0.2, 0) is 5.88 Å². The zero-order valence-electron chi connectivity index (χ0n) is 8.54. The van der Waals surface area contributed by atoms with E-state index in [-0.39, 0.29) is 0 Å². The van der Waals surface area contributed by atoms with Crippen molar-refractivity contribution in [2.24, 2.45) is 0 Å². The van der Waals surface area contributed by atoms with Crippen molar-refractivity contribution >= 4 is 17.3 Å². The van der Waals surface area contributed by atoms with Crippen LogP contribution in [0.15, 0.2) is 24.3 Å². The molecule has 0 amide bonds. The van der Waals surface area contributed by atoms with Gasteiger partial charge in [0.15, 0.2) is 0 Å². The highest BCUT2D eigenvalue weighted by molar-refractivity contribution is 6.17. The first-order chi connectivity index (χ1) is 6.81. The van der Waals surface area contributed by atoms with Gasteiger partial charge in [0.25, 0.3) is 0 Å². The molecule has 14 heavy (non-hydrogen) atoms. The van der Waals surface area contributed by atoms with Crippen LogP contribution in [0.25, 0.3) is 0 Å². The first-order valence-corrected chi connectivity index (χ1v) is 5.72. The summed E-state index contributed by atoms with van der Waals surface area (Å²) in [6, 6.07) is 9.30. The van der Waals surface area contributed by atoms with E-state index in [1.54, 1.807) is 0 Å². The first-order valence-electron chi connectivity index (χ1n) is 5.19. The zero-order chi connectivity index (χ0) is 9.97. The first kappa shape index (κ1) is 9.85. The zero-order valence-corrected chi connectivity index (χ0v) is 9.30. The van der Waals surface area contributed by atoms with Gasteiger partial charge in [-0.25, -0.2) is 0 Å². The van der Waals surface area contributed by atoms with Gasteiger partial charge in [0, 0.05) is 24.7 Å². The standard InChI is InChI=1S/C12H16ClN/c1-14(11-3-2-4-11)12-7-5-10(9-13)6-8-12/h5-8,11H,2-4,9H2,1H3. The third-order valence-electron chi connectivity index (χ3n) is 3.12. The maximum absolute atomic E-state index is 5.75.